The number of nitrogens with zero attached hydrogens (tertiary/aromatic N) is 3. The number of ether oxygens (including phenoxy) is 1. The summed E-state index contributed by atoms with van der Waals surface area (Å²) in [5.74, 6) is 0.108. The molecule has 4 rings (SSSR count). The molecule has 2 aromatic rings. The van der Waals surface area contributed by atoms with Crippen molar-refractivity contribution in [1.29, 1.82) is 5.41 Å². The zero-order chi connectivity index (χ0) is 23.0. The molecule has 1 amide bonds. The second-order valence-electron chi connectivity index (χ2n) is 8.73. The van der Waals surface area contributed by atoms with Gasteiger partial charge in [0.1, 0.15) is 24.0 Å². The normalized spacial score (nSPS) is 23.1. The number of hydrogen-bond donors (Lipinski definition) is 2. The van der Waals surface area contributed by atoms with Gasteiger partial charge in [-0.25, -0.2) is 14.4 Å². The quantitative estimate of drug-likeness (QED) is 0.713. The van der Waals surface area contributed by atoms with Crippen molar-refractivity contribution in [3.63, 3.8) is 0 Å². The fourth-order valence-electron chi connectivity index (χ4n) is 4.29. The van der Waals surface area contributed by atoms with Gasteiger partial charge in [0.2, 0.25) is 0 Å². The highest BCUT2D eigenvalue weighted by Crippen LogP contribution is 2.29. The number of carbonyl (C=O) groups is 1. The van der Waals surface area contributed by atoms with Gasteiger partial charge in [0.15, 0.2) is 0 Å². The Kier molecular flexibility index (Phi) is 6.44. The van der Waals surface area contributed by atoms with E-state index in [9.17, 15) is 9.18 Å². The van der Waals surface area contributed by atoms with Gasteiger partial charge < -0.3 is 20.4 Å². The van der Waals surface area contributed by atoms with Gasteiger partial charge in [0.05, 0.1) is 34.4 Å². The average molecular weight is 460 g/mol. The number of nitrogens with one attached hydrogen (secondary N) is 2. The number of carbonyl (C=O) groups excluding carboxylic acids is 1. The van der Waals surface area contributed by atoms with Crippen molar-refractivity contribution in [3.05, 3.63) is 51.8 Å². The van der Waals surface area contributed by atoms with E-state index in [0.717, 1.165) is 13.0 Å². The third-order valence-corrected chi connectivity index (χ3v) is 6.59. The van der Waals surface area contributed by atoms with Crippen molar-refractivity contribution in [3.8, 4) is 5.75 Å². The third-order valence-electron chi connectivity index (χ3n) is 6.04. The molecule has 9 heteroatoms. The number of hydrogen-bond acceptors (Lipinski definition) is 6. The predicted molar refractivity (Wildman–Crippen MR) is 120 cm³/mol. The highest BCUT2D eigenvalue weighted by Gasteiger charge is 2.35. The molecule has 3 atom stereocenters. The molecule has 2 aliphatic heterocycles. The van der Waals surface area contributed by atoms with Crippen LogP contribution >= 0.6 is 11.6 Å². The van der Waals surface area contributed by atoms with Crippen molar-refractivity contribution in [2.45, 2.75) is 39.2 Å². The summed E-state index contributed by atoms with van der Waals surface area (Å²) >= 11 is 6.17. The Morgan fingerprint density at radius 2 is 2.06 bits per heavy atom. The minimum absolute atomic E-state index is 0.159. The minimum atomic E-state index is -0.461. The summed E-state index contributed by atoms with van der Waals surface area (Å²) in [5, 5.41) is 12.3. The van der Waals surface area contributed by atoms with E-state index >= 15 is 0 Å². The number of halogens is 2. The fraction of sp³-hybridized carbons (Fsp3) is 0.478. The van der Waals surface area contributed by atoms with E-state index in [-0.39, 0.29) is 36.4 Å². The minimum Gasteiger partial charge on any atom is -0.491 e. The molecule has 32 heavy (non-hydrogen) atoms. The van der Waals surface area contributed by atoms with Gasteiger partial charge in [-0.05, 0) is 44.9 Å². The van der Waals surface area contributed by atoms with Crippen LogP contribution in [-0.2, 0) is 0 Å². The molecule has 0 bridgehead atoms. The van der Waals surface area contributed by atoms with Crippen LogP contribution in [0.5, 0.6) is 5.75 Å². The number of amides is 1. The van der Waals surface area contributed by atoms with Gasteiger partial charge in [0, 0.05) is 24.4 Å². The van der Waals surface area contributed by atoms with E-state index < -0.39 is 11.7 Å². The van der Waals surface area contributed by atoms with E-state index in [1.807, 2.05) is 0 Å². The highest BCUT2D eigenvalue weighted by atomic mass is 35.5. The Morgan fingerprint density at radius 1 is 1.34 bits per heavy atom. The molecule has 0 spiro atoms. The largest absolute Gasteiger partial charge is 0.491 e. The summed E-state index contributed by atoms with van der Waals surface area (Å²) in [6, 6.07) is 4.12. The molecule has 2 fully saturated rings. The molecule has 2 N–H and O–H groups in total. The molecule has 0 saturated carbocycles. The van der Waals surface area contributed by atoms with Crippen LogP contribution in [0.2, 0.25) is 5.02 Å². The molecule has 3 heterocycles. The van der Waals surface area contributed by atoms with E-state index in [2.05, 4.69) is 22.2 Å². The lowest BCUT2D eigenvalue weighted by Crippen LogP contribution is -2.31. The molecule has 7 nitrogen and oxygen atoms in total. The first kappa shape index (κ1) is 22.6. The van der Waals surface area contributed by atoms with Gasteiger partial charge in [-0.15, -0.1) is 0 Å². The predicted octanol–water partition coefficient (Wildman–Crippen LogP) is 3.52. The number of benzene rings is 1. The fourth-order valence-corrected chi connectivity index (χ4v) is 4.37. The summed E-state index contributed by atoms with van der Waals surface area (Å²) in [6.07, 6.45) is 0.976. The van der Waals surface area contributed by atoms with Gasteiger partial charge in [0.25, 0.3) is 5.91 Å². The molecule has 0 aliphatic carbocycles. The second-order valence-corrected chi connectivity index (χ2v) is 9.11. The molecule has 3 unspecified atom stereocenters. The zero-order valence-electron chi connectivity index (χ0n) is 18.4. The van der Waals surface area contributed by atoms with E-state index in [1.165, 1.54) is 18.2 Å². The third kappa shape index (κ3) is 4.61. The number of aromatic nitrogens is 2. The Labute approximate surface area is 191 Å². The monoisotopic (exact) mass is 459 g/mol. The van der Waals surface area contributed by atoms with E-state index in [0.29, 0.717) is 40.5 Å². The highest BCUT2D eigenvalue weighted by molar-refractivity contribution is 6.31. The van der Waals surface area contributed by atoms with Crippen LogP contribution in [0.1, 0.15) is 46.8 Å². The maximum absolute atomic E-state index is 13.9. The molecule has 1 aromatic carbocycles. The lowest BCUT2D eigenvalue weighted by Gasteiger charge is -2.19. The first-order chi connectivity index (χ1) is 15.2. The molecular weight excluding hydrogens is 433 g/mol. The molecule has 2 saturated heterocycles. The SMILES string of the molecule is Cc1nc(C2CN(C(=O)c3ccc(F)cc3OCC3CC(C)CN3)CC2=N)nc(C)c1Cl. The van der Waals surface area contributed by atoms with Gasteiger partial charge >= 0.3 is 0 Å². The lowest BCUT2D eigenvalue weighted by atomic mass is 10.1. The summed E-state index contributed by atoms with van der Waals surface area (Å²) in [5.41, 5.74) is 1.94. The molecule has 170 valence electrons. The first-order valence-corrected chi connectivity index (χ1v) is 11.1. The van der Waals surface area contributed by atoms with Crippen molar-refractivity contribution in [1.82, 2.24) is 20.2 Å². The lowest BCUT2D eigenvalue weighted by molar-refractivity contribution is 0.0789. The Hall–Kier alpha value is -2.58. The van der Waals surface area contributed by atoms with Crippen molar-refractivity contribution in [2.24, 2.45) is 5.92 Å². The van der Waals surface area contributed by atoms with Gasteiger partial charge in [-0.1, -0.05) is 18.5 Å². The van der Waals surface area contributed by atoms with E-state index in [1.54, 1.807) is 18.7 Å². The van der Waals surface area contributed by atoms with Crippen LogP contribution in [0.4, 0.5) is 4.39 Å². The maximum Gasteiger partial charge on any atom is 0.257 e. The molecule has 0 radical (unpaired) electrons. The second kappa shape index (κ2) is 9.11. The van der Waals surface area contributed by atoms with Gasteiger partial charge in [-0.3, -0.25) is 4.79 Å². The smallest absolute Gasteiger partial charge is 0.257 e. The number of aryl methyl sites for hydroxylation is 2. The summed E-state index contributed by atoms with van der Waals surface area (Å²) in [7, 11) is 0. The summed E-state index contributed by atoms with van der Waals surface area (Å²) in [6.45, 7) is 7.48. The summed E-state index contributed by atoms with van der Waals surface area (Å²) in [4.78, 5) is 23.7. The Morgan fingerprint density at radius 3 is 2.72 bits per heavy atom. The van der Waals surface area contributed by atoms with Crippen molar-refractivity contribution >= 4 is 23.2 Å². The van der Waals surface area contributed by atoms with Crippen molar-refractivity contribution < 1.29 is 13.9 Å². The van der Waals surface area contributed by atoms with Crippen LogP contribution < -0.4 is 10.1 Å². The van der Waals surface area contributed by atoms with Crippen LogP contribution in [0.3, 0.4) is 0 Å². The Balaban J connectivity index is 1.51. The number of likely N-dealkylation sites (tertiary alicyclic amines) is 1. The van der Waals surface area contributed by atoms with Crippen LogP contribution in [0, 0.1) is 31.0 Å². The van der Waals surface area contributed by atoms with Crippen LogP contribution in [0.15, 0.2) is 18.2 Å². The topological polar surface area (TPSA) is 91.2 Å². The molecule has 1 aromatic heterocycles. The first-order valence-electron chi connectivity index (χ1n) is 10.8. The average Bonchev–Trinajstić information content (AvgIpc) is 3.35. The maximum atomic E-state index is 13.9. The van der Waals surface area contributed by atoms with Crippen molar-refractivity contribution in [2.75, 3.05) is 26.2 Å². The van der Waals surface area contributed by atoms with Crippen LogP contribution in [-0.4, -0.2) is 58.8 Å². The van der Waals surface area contributed by atoms with E-state index in [4.69, 9.17) is 21.7 Å². The van der Waals surface area contributed by atoms with Crippen LogP contribution in [0.25, 0.3) is 0 Å². The Bertz CT molecular complexity index is 1040. The molecule has 2 aliphatic rings. The standard InChI is InChI=1S/C23H27ClFN5O2/c1-12-6-16(27-8-12)11-32-20-7-15(25)4-5-17(20)23(31)30-9-18(19(26)10-30)22-28-13(2)21(24)14(3)29-22/h4-5,7,12,16,18,26-27H,6,8-11H2,1-3H3. The molecular formula is C23H27ClFN5O2. The van der Waals surface area contributed by atoms with Gasteiger partial charge in [-0.2, -0.15) is 0 Å². The number of rotatable bonds is 5. The summed E-state index contributed by atoms with van der Waals surface area (Å²) < 4.78 is 19.8. The zero-order valence-corrected chi connectivity index (χ0v) is 19.2.